The molecule has 1 fully saturated rings. The first-order chi connectivity index (χ1) is 11.2. The summed E-state index contributed by atoms with van der Waals surface area (Å²) < 4.78 is 7.12. The van der Waals surface area contributed by atoms with Crippen LogP contribution in [0.25, 0.3) is 0 Å². The van der Waals surface area contributed by atoms with Gasteiger partial charge in [-0.05, 0) is 31.6 Å². The summed E-state index contributed by atoms with van der Waals surface area (Å²) in [5.41, 5.74) is 1.49. The van der Waals surface area contributed by atoms with Crippen LogP contribution in [0.4, 0.5) is 0 Å². The quantitative estimate of drug-likeness (QED) is 0.364. The maximum atomic E-state index is 5.31. The topological polar surface area (TPSA) is 63.5 Å². The Morgan fingerprint density at radius 1 is 1.38 bits per heavy atom. The Kier molecular flexibility index (Phi) is 9.65. The number of rotatable bonds is 8. The number of nitrogens with zero attached hydrogens (tertiary/aromatic N) is 3. The van der Waals surface area contributed by atoms with E-state index in [0.717, 1.165) is 37.6 Å². The molecule has 2 rings (SSSR count). The highest BCUT2D eigenvalue weighted by atomic mass is 127. The third-order valence-corrected chi connectivity index (χ3v) is 4.65. The van der Waals surface area contributed by atoms with Crippen molar-refractivity contribution in [3.8, 4) is 0 Å². The molecule has 1 aromatic heterocycles. The van der Waals surface area contributed by atoms with Crippen LogP contribution in [0, 0.1) is 5.41 Å². The van der Waals surface area contributed by atoms with E-state index in [9.17, 15) is 0 Å². The van der Waals surface area contributed by atoms with Crippen molar-refractivity contribution in [2.45, 2.75) is 45.6 Å². The van der Waals surface area contributed by atoms with Crippen LogP contribution < -0.4 is 10.6 Å². The van der Waals surface area contributed by atoms with Crippen molar-refractivity contribution in [2.75, 3.05) is 26.8 Å². The highest BCUT2D eigenvalue weighted by molar-refractivity contribution is 14.0. The van der Waals surface area contributed by atoms with E-state index in [-0.39, 0.29) is 24.0 Å². The third-order valence-electron chi connectivity index (χ3n) is 4.65. The SMILES string of the molecule is CCNC(=NCc1cnn(C)c1)NCC1(CCOC)CCCC1.I. The molecule has 1 heterocycles. The van der Waals surface area contributed by atoms with Gasteiger partial charge in [-0.2, -0.15) is 5.10 Å². The van der Waals surface area contributed by atoms with Crippen molar-refractivity contribution in [2.24, 2.45) is 17.5 Å². The molecule has 0 bridgehead atoms. The fourth-order valence-corrected chi connectivity index (χ4v) is 3.30. The molecule has 1 aliphatic carbocycles. The van der Waals surface area contributed by atoms with Crippen molar-refractivity contribution in [3.05, 3.63) is 18.0 Å². The molecule has 0 aliphatic heterocycles. The molecule has 0 atom stereocenters. The molecule has 0 aromatic carbocycles. The van der Waals surface area contributed by atoms with E-state index in [1.165, 1.54) is 25.7 Å². The highest BCUT2D eigenvalue weighted by Crippen LogP contribution is 2.40. The normalized spacial score (nSPS) is 16.7. The van der Waals surface area contributed by atoms with Gasteiger partial charge in [0.1, 0.15) is 0 Å². The minimum Gasteiger partial charge on any atom is -0.385 e. The third kappa shape index (κ3) is 6.58. The molecule has 24 heavy (non-hydrogen) atoms. The average Bonchev–Trinajstić information content (AvgIpc) is 3.18. The molecule has 0 unspecified atom stereocenters. The van der Waals surface area contributed by atoms with Crippen LogP contribution in [-0.2, 0) is 18.3 Å². The Balaban J connectivity index is 0.00000288. The van der Waals surface area contributed by atoms with Crippen molar-refractivity contribution >= 4 is 29.9 Å². The Labute approximate surface area is 162 Å². The fourth-order valence-electron chi connectivity index (χ4n) is 3.30. The number of nitrogens with one attached hydrogen (secondary N) is 2. The number of aryl methyl sites for hydroxylation is 1. The number of guanidine groups is 1. The second-order valence-electron chi connectivity index (χ2n) is 6.52. The molecule has 1 saturated carbocycles. The van der Waals surface area contributed by atoms with Gasteiger partial charge in [-0.25, -0.2) is 4.99 Å². The summed E-state index contributed by atoms with van der Waals surface area (Å²) in [6, 6.07) is 0. The Morgan fingerprint density at radius 2 is 2.12 bits per heavy atom. The van der Waals surface area contributed by atoms with E-state index in [0.29, 0.717) is 12.0 Å². The number of halogens is 1. The van der Waals surface area contributed by atoms with Crippen molar-refractivity contribution < 1.29 is 4.74 Å². The smallest absolute Gasteiger partial charge is 0.191 e. The van der Waals surface area contributed by atoms with Crippen LogP contribution in [0.15, 0.2) is 17.4 Å². The Morgan fingerprint density at radius 3 is 2.71 bits per heavy atom. The van der Waals surface area contributed by atoms with E-state index in [1.807, 2.05) is 24.1 Å². The van der Waals surface area contributed by atoms with Crippen LogP contribution in [0.3, 0.4) is 0 Å². The summed E-state index contributed by atoms with van der Waals surface area (Å²) >= 11 is 0. The first kappa shape index (κ1) is 21.2. The lowest BCUT2D eigenvalue weighted by molar-refractivity contribution is 0.138. The monoisotopic (exact) mass is 449 g/mol. The summed E-state index contributed by atoms with van der Waals surface area (Å²) in [5, 5.41) is 11.1. The summed E-state index contributed by atoms with van der Waals surface area (Å²) in [6.07, 6.45) is 10.2. The number of ether oxygens (including phenoxy) is 1. The zero-order chi connectivity index (χ0) is 16.5. The van der Waals surface area contributed by atoms with Gasteiger partial charge in [0.25, 0.3) is 0 Å². The molecule has 138 valence electrons. The minimum absolute atomic E-state index is 0. The van der Waals surface area contributed by atoms with Gasteiger partial charge in [0.2, 0.25) is 0 Å². The van der Waals surface area contributed by atoms with Crippen LogP contribution in [-0.4, -0.2) is 42.5 Å². The predicted octanol–water partition coefficient (Wildman–Crippen LogP) is 2.69. The molecule has 0 amide bonds. The summed E-state index contributed by atoms with van der Waals surface area (Å²) in [4.78, 5) is 4.68. The average molecular weight is 449 g/mol. The molecule has 0 radical (unpaired) electrons. The largest absolute Gasteiger partial charge is 0.385 e. The van der Waals surface area contributed by atoms with Crippen molar-refractivity contribution in [1.29, 1.82) is 0 Å². The molecule has 1 aromatic rings. The van der Waals surface area contributed by atoms with Gasteiger partial charge in [0, 0.05) is 45.6 Å². The van der Waals surface area contributed by atoms with E-state index < -0.39 is 0 Å². The van der Waals surface area contributed by atoms with Gasteiger partial charge in [-0.15, -0.1) is 24.0 Å². The van der Waals surface area contributed by atoms with Gasteiger partial charge >= 0.3 is 0 Å². The molecule has 1 aliphatic rings. The zero-order valence-electron chi connectivity index (χ0n) is 15.2. The molecule has 0 spiro atoms. The summed E-state index contributed by atoms with van der Waals surface area (Å²) in [5.74, 6) is 0.889. The van der Waals surface area contributed by atoms with E-state index >= 15 is 0 Å². The van der Waals surface area contributed by atoms with Gasteiger partial charge in [0.15, 0.2) is 5.96 Å². The number of hydrogen-bond donors (Lipinski definition) is 2. The number of aromatic nitrogens is 2. The summed E-state index contributed by atoms with van der Waals surface area (Å²) in [6.45, 7) is 5.41. The minimum atomic E-state index is 0. The second kappa shape index (κ2) is 10.9. The molecular weight excluding hydrogens is 417 g/mol. The van der Waals surface area contributed by atoms with Crippen LogP contribution in [0.2, 0.25) is 0 Å². The zero-order valence-corrected chi connectivity index (χ0v) is 17.5. The lowest BCUT2D eigenvalue weighted by Crippen LogP contribution is -2.43. The highest BCUT2D eigenvalue weighted by Gasteiger charge is 2.33. The molecule has 7 heteroatoms. The molecule has 0 saturated heterocycles. The first-order valence-corrected chi connectivity index (χ1v) is 8.66. The Hall–Kier alpha value is -0.830. The standard InChI is InChI=1S/C17H31N5O.HI/c1-4-18-16(19-11-15-12-21-22(2)13-15)20-14-17(9-10-23-3)7-5-6-8-17;/h12-13H,4-11,14H2,1-3H3,(H2,18,19,20);1H. The van der Waals surface area contributed by atoms with Gasteiger partial charge in [-0.3, -0.25) is 4.68 Å². The van der Waals surface area contributed by atoms with Gasteiger partial charge < -0.3 is 15.4 Å². The van der Waals surface area contributed by atoms with E-state index in [2.05, 4.69) is 27.6 Å². The number of methoxy groups -OCH3 is 1. The predicted molar refractivity (Wildman–Crippen MR) is 109 cm³/mol. The summed E-state index contributed by atoms with van der Waals surface area (Å²) in [7, 11) is 3.71. The molecule has 2 N–H and O–H groups in total. The number of hydrogen-bond acceptors (Lipinski definition) is 3. The molecule has 6 nitrogen and oxygen atoms in total. The van der Waals surface area contributed by atoms with Crippen LogP contribution in [0.5, 0.6) is 0 Å². The fraction of sp³-hybridized carbons (Fsp3) is 0.765. The van der Waals surface area contributed by atoms with Crippen LogP contribution >= 0.6 is 24.0 Å². The van der Waals surface area contributed by atoms with Crippen molar-refractivity contribution in [3.63, 3.8) is 0 Å². The maximum Gasteiger partial charge on any atom is 0.191 e. The van der Waals surface area contributed by atoms with E-state index in [1.54, 1.807) is 7.11 Å². The lowest BCUT2D eigenvalue weighted by atomic mass is 9.83. The lowest BCUT2D eigenvalue weighted by Gasteiger charge is -2.30. The van der Waals surface area contributed by atoms with E-state index in [4.69, 9.17) is 4.74 Å². The van der Waals surface area contributed by atoms with Gasteiger partial charge in [-0.1, -0.05) is 12.8 Å². The second-order valence-corrected chi connectivity index (χ2v) is 6.52. The van der Waals surface area contributed by atoms with Gasteiger partial charge in [0.05, 0.1) is 12.7 Å². The maximum absolute atomic E-state index is 5.31. The Bertz CT molecular complexity index is 497. The molecular formula is C17H32IN5O. The van der Waals surface area contributed by atoms with Crippen molar-refractivity contribution in [1.82, 2.24) is 20.4 Å². The number of aliphatic imine (C=N–C) groups is 1. The first-order valence-electron chi connectivity index (χ1n) is 8.66. The van der Waals surface area contributed by atoms with Crippen LogP contribution in [0.1, 0.15) is 44.6 Å².